The lowest BCUT2D eigenvalue weighted by atomic mass is 10.6. The lowest BCUT2D eigenvalue weighted by Crippen LogP contribution is -2.23. The minimum atomic E-state index is -3.89. The summed E-state index contributed by atoms with van der Waals surface area (Å²) in [5, 5.41) is 0. The van der Waals surface area contributed by atoms with Gasteiger partial charge in [-0.25, -0.2) is 4.67 Å². The normalized spacial score (nSPS) is 16.4. The Labute approximate surface area is 86.5 Å². The quantitative estimate of drug-likeness (QED) is 0.537. The zero-order chi connectivity index (χ0) is 9.61. The highest BCUT2D eigenvalue weighted by Crippen LogP contribution is 2.51. The maximum Gasteiger partial charge on any atom is 0.324 e. The van der Waals surface area contributed by atoms with Gasteiger partial charge >= 0.3 is 7.60 Å². The van der Waals surface area contributed by atoms with Crippen LogP contribution in [0.25, 0.3) is 0 Å². The second kappa shape index (κ2) is 6.44. The maximum atomic E-state index is 13.1. The summed E-state index contributed by atoms with van der Waals surface area (Å²) in [7, 11) is -3.89. The van der Waals surface area contributed by atoms with E-state index in [2.05, 4.69) is 0 Å². The van der Waals surface area contributed by atoms with Crippen LogP contribution in [-0.4, -0.2) is 35.1 Å². The molecule has 2 nitrogen and oxygen atoms in total. The Morgan fingerprint density at radius 1 is 1.17 bits per heavy atom. The molecule has 1 unspecified atom stereocenters. The molecule has 0 bridgehead atoms. The Bertz CT molecular complexity index is 165. The Morgan fingerprint density at radius 3 is 1.83 bits per heavy atom. The second-order valence-electron chi connectivity index (χ2n) is 2.07. The largest absolute Gasteiger partial charge is 0.324 e. The van der Waals surface area contributed by atoms with E-state index >= 15 is 0 Å². The van der Waals surface area contributed by atoms with E-state index in [1.54, 1.807) is 0 Å². The van der Waals surface area contributed by atoms with Gasteiger partial charge in [0, 0.05) is 24.8 Å². The van der Waals surface area contributed by atoms with Crippen molar-refractivity contribution in [2.75, 3.05) is 30.5 Å². The van der Waals surface area contributed by atoms with E-state index in [0.717, 1.165) is 4.67 Å². The van der Waals surface area contributed by atoms with E-state index in [1.165, 1.54) is 0 Å². The Balaban J connectivity index is 4.17. The molecule has 0 saturated heterocycles. The van der Waals surface area contributed by atoms with E-state index in [-0.39, 0.29) is 24.8 Å². The Kier molecular flexibility index (Phi) is 6.98. The predicted molar refractivity (Wildman–Crippen MR) is 52.4 cm³/mol. The summed E-state index contributed by atoms with van der Waals surface area (Å²) in [5.41, 5.74) is -0.513. The molecule has 12 heavy (non-hydrogen) atoms. The van der Waals surface area contributed by atoms with Crippen LogP contribution < -0.4 is 0 Å². The van der Waals surface area contributed by atoms with Crippen molar-refractivity contribution in [1.29, 1.82) is 0 Å². The van der Waals surface area contributed by atoms with E-state index < -0.39 is 13.2 Å². The lowest BCUT2D eigenvalue weighted by Gasteiger charge is -2.21. The Hall–Kier alpha value is 0.990. The van der Waals surface area contributed by atoms with Crippen LogP contribution in [0.4, 0.5) is 4.20 Å². The van der Waals surface area contributed by atoms with Gasteiger partial charge in [-0.1, -0.05) is 0 Å². The molecule has 74 valence electrons. The van der Waals surface area contributed by atoms with Gasteiger partial charge in [0.05, 0.1) is 0 Å². The number of hydrogen-bond donors (Lipinski definition) is 0. The minimum Gasteiger partial charge on any atom is -0.268 e. The number of alkyl halides is 3. The molecule has 0 N–H and O–H groups in total. The molecule has 0 rings (SSSR count). The van der Waals surface area contributed by atoms with Gasteiger partial charge in [-0.15, -0.1) is 34.8 Å². The van der Waals surface area contributed by atoms with E-state index in [0.29, 0.717) is 0 Å². The number of hydrogen-bond acceptors (Lipinski definition) is 1. The van der Waals surface area contributed by atoms with Crippen LogP contribution in [0.2, 0.25) is 0 Å². The fourth-order valence-electron chi connectivity index (χ4n) is 0.681. The lowest BCUT2D eigenvalue weighted by molar-refractivity contribution is 0.414. The van der Waals surface area contributed by atoms with Crippen molar-refractivity contribution < 1.29 is 8.76 Å². The van der Waals surface area contributed by atoms with Crippen molar-refractivity contribution >= 4 is 42.4 Å². The fourth-order valence-corrected chi connectivity index (χ4v) is 2.73. The summed E-state index contributed by atoms with van der Waals surface area (Å²) < 4.78 is 25.3. The monoisotopic (exact) mass is 255 g/mol. The maximum absolute atomic E-state index is 13.1. The topological polar surface area (TPSA) is 20.3 Å². The first-order valence-electron chi connectivity index (χ1n) is 3.30. The Morgan fingerprint density at radius 2 is 1.58 bits per heavy atom. The van der Waals surface area contributed by atoms with E-state index in [4.69, 9.17) is 34.8 Å². The van der Waals surface area contributed by atoms with E-state index in [1.807, 2.05) is 0 Å². The van der Waals surface area contributed by atoms with Crippen LogP contribution in [0.15, 0.2) is 0 Å². The summed E-state index contributed by atoms with van der Waals surface area (Å²) in [4.78, 5) is 0. The average Bonchev–Trinajstić information content (AvgIpc) is 2.04. The first-order chi connectivity index (χ1) is 5.58. The molecular weight excluding hydrogens is 246 g/mol. The van der Waals surface area contributed by atoms with E-state index in [9.17, 15) is 8.76 Å². The average molecular weight is 256 g/mol. The zero-order valence-electron chi connectivity index (χ0n) is 6.35. The van der Waals surface area contributed by atoms with Gasteiger partial charge in [0.25, 0.3) is 0 Å². The third-order valence-corrected chi connectivity index (χ3v) is 4.02. The summed E-state index contributed by atoms with van der Waals surface area (Å²) in [5.74, 6) is 0.420. The second-order valence-corrected chi connectivity index (χ2v) is 5.58. The van der Waals surface area contributed by atoms with Gasteiger partial charge in [0.2, 0.25) is 0 Å². The fraction of sp³-hybridized carbons (Fsp3) is 1.00. The molecule has 0 aromatic carbocycles. The molecule has 0 spiro atoms. The number of halogens is 4. The molecule has 0 saturated carbocycles. The van der Waals surface area contributed by atoms with Crippen LogP contribution in [-0.2, 0) is 4.57 Å². The highest BCUT2D eigenvalue weighted by Gasteiger charge is 2.27. The third kappa shape index (κ3) is 4.29. The van der Waals surface area contributed by atoms with Crippen LogP contribution in [0.3, 0.4) is 0 Å². The number of nitrogens with zero attached hydrogens (tertiary/aromatic N) is 1. The molecule has 0 aliphatic rings. The van der Waals surface area contributed by atoms with Crippen molar-refractivity contribution in [2.24, 2.45) is 0 Å². The highest BCUT2D eigenvalue weighted by atomic mass is 35.5. The summed E-state index contributed by atoms with van der Waals surface area (Å²) in [6.07, 6.45) is 0. The van der Waals surface area contributed by atoms with Crippen LogP contribution in [0.5, 0.6) is 0 Å². The van der Waals surface area contributed by atoms with Crippen molar-refractivity contribution in [3.63, 3.8) is 0 Å². The summed E-state index contributed by atoms with van der Waals surface area (Å²) in [6, 6.07) is 0. The van der Waals surface area contributed by atoms with Crippen molar-refractivity contribution in [3.05, 3.63) is 0 Å². The molecule has 0 aromatic heterocycles. The van der Waals surface area contributed by atoms with Gasteiger partial charge < -0.3 is 0 Å². The summed E-state index contributed by atoms with van der Waals surface area (Å²) in [6.45, 7) is 0.406. The molecule has 7 heteroatoms. The van der Waals surface area contributed by atoms with Gasteiger partial charge in [0.1, 0.15) is 5.62 Å². The third-order valence-electron chi connectivity index (χ3n) is 1.26. The van der Waals surface area contributed by atoms with Crippen LogP contribution in [0.1, 0.15) is 0 Å². The van der Waals surface area contributed by atoms with Crippen LogP contribution in [0, 0.1) is 0 Å². The molecular formula is C5H10Cl3FNOP. The van der Waals surface area contributed by atoms with Gasteiger partial charge in [0.15, 0.2) is 0 Å². The smallest absolute Gasteiger partial charge is 0.268 e. The SMILES string of the molecule is O=P(F)(CCl)N(CCCl)CCCl. The molecule has 1 atom stereocenters. The molecule has 0 aromatic rings. The molecule has 0 heterocycles. The van der Waals surface area contributed by atoms with Gasteiger partial charge in [-0.3, -0.25) is 4.57 Å². The van der Waals surface area contributed by atoms with Gasteiger partial charge in [-0.05, 0) is 0 Å². The molecule has 0 fully saturated rings. The first kappa shape index (κ1) is 13.0. The standard InChI is InChI=1S/C5H10Cl3FNOP/c6-1-3-10(4-2-7)12(9,11)5-8/h1-5H2. The van der Waals surface area contributed by atoms with Crippen molar-refractivity contribution in [3.8, 4) is 0 Å². The predicted octanol–water partition coefficient (Wildman–Crippen LogP) is 3.12. The molecule has 0 aliphatic carbocycles. The van der Waals surface area contributed by atoms with Crippen molar-refractivity contribution in [2.45, 2.75) is 0 Å². The first-order valence-corrected chi connectivity index (χ1v) is 6.64. The molecule has 0 radical (unpaired) electrons. The highest BCUT2D eigenvalue weighted by molar-refractivity contribution is 7.57. The zero-order valence-corrected chi connectivity index (χ0v) is 9.51. The molecule has 0 amide bonds. The van der Waals surface area contributed by atoms with Crippen LogP contribution >= 0.6 is 42.4 Å². The number of rotatable bonds is 6. The molecule has 0 aliphatic heterocycles. The minimum absolute atomic E-state index is 0.203. The summed E-state index contributed by atoms with van der Waals surface area (Å²) >= 11 is 16.0. The van der Waals surface area contributed by atoms with Crippen molar-refractivity contribution in [1.82, 2.24) is 4.67 Å². The van der Waals surface area contributed by atoms with Gasteiger partial charge in [-0.2, -0.15) is 4.20 Å².